The van der Waals surface area contributed by atoms with Gasteiger partial charge in [0.15, 0.2) is 0 Å². The van der Waals surface area contributed by atoms with E-state index >= 15 is 0 Å². The summed E-state index contributed by atoms with van der Waals surface area (Å²) in [6, 6.07) is 1.77. The average Bonchev–Trinajstić information content (AvgIpc) is 2.06. The number of esters is 1. The first-order valence-electron chi connectivity index (χ1n) is 3.57. The molecule has 0 aromatic carbocycles. The van der Waals surface area contributed by atoms with Gasteiger partial charge in [-0.3, -0.25) is 0 Å². The van der Waals surface area contributed by atoms with Gasteiger partial charge in [0.1, 0.15) is 11.6 Å². The summed E-state index contributed by atoms with van der Waals surface area (Å²) in [5, 5.41) is 8.57. The lowest BCUT2D eigenvalue weighted by molar-refractivity contribution is -0.138. The maximum absolute atomic E-state index is 11.0. The molecule has 3 nitrogen and oxygen atoms in total. The van der Waals surface area contributed by atoms with E-state index in [1.165, 1.54) is 6.08 Å². The van der Waals surface area contributed by atoms with Crippen LogP contribution in [0.1, 0.15) is 13.8 Å². The lowest BCUT2D eigenvalue weighted by Gasteiger charge is -2.00. The zero-order valence-electron chi connectivity index (χ0n) is 7.26. The molecule has 0 unspecified atom stereocenters. The Morgan fingerprint density at radius 3 is 2.67 bits per heavy atom. The Bertz CT molecular complexity index is 258. The molecule has 0 aromatic heterocycles. The second kappa shape index (κ2) is 5.14. The third kappa shape index (κ3) is 2.59. The molecule has 0 aliphatic rings. The van der Waals surface area contributed by atoms with Crippen LogP contribution in [-0.2, 0) is 9.53 Å². The fraction of sp³-hybridized carbons (Fsp3) is 0.333. The second-order valence-electron chi connectivity index (χ2n) is 2.09. The Balaban J connectivity index is 4.70. The van der Waals surface area contributed by atoms with Gasteiger partial charge in [0.2, 0.25) is 0 Å². The van der Waals surface area contributed by atoms with Crippen LogP contribution in [-0.4, -0.2) is 12.6 Å². The molecule has 0 fully saturated rings. The van der Waals surface area contributed by atoms with Gasteiger partial charge in [-0.15, -0.1) is 0 Å². The molecule has 0 rings (SSSR count). The molecule has 0 saturated carbocycles. The molecule has 0 aliphatic heterocycles. The second-order valence-corrected chi connectivity index (χ2v) is 2.09. The van der Waals surface area contributed by atoms with Crippen molar-refractivity contribution in [1.82, 2.24) is 0 Å². The van der Waals surface area contributed by atoms with Crippen LogP contribution < -0.4 is 0 Å². The highest BCUT2D eigenvalue weighted by atomic mass is 16.5. The van der Waals surface area contributed by atoms with Crippen LogP contribution in [0.5, 0.6) is 0 Å². The van der Waals surface area contributed by atoms with E-state index in [-0.39, 0.29) is 12.2 Å². The molecular formula is C9H11NO2. The minimum Gasteiger partial charge on any atom is -0.462 e. The molecule has 0 spiro atoms. The van der Waals surface area contributed by atoms with Crippen molar-refractivity contribution in [2.75, 3.05) is 6.61 Å². The Morgan fingerprint density at radius 2 is 2.33 bits per heavy atom. The number of hydrogen-bond acceptors (Lipinski definition) is 3. The maximum Gasteiger partial charge on any atom is 0.349 e. The number of carbonyl (C=O) groups excluding carboxylic acids is 1. The topological polar surface area (TPSA) is 50.1 Å². The summed E-state index contributed by atoms with van der Waals surface area (Å²) in [6.45, 7) is 7.06. The van der Waals surface area contributed by atoms with Gasteiger partial charge in [0, 0.05) is 0 Å². The van der Waals surface area contributed by atoms with Gasteiger partial charge < -0.3 is 4.74 Å². The fourth-order valence-electron chi connectivity index (χ4n) is 0.600. The normalized spacial score (nSPS) is 11.1. The van der Waals surface area contributed by atoms with Crippen molar-refractivity contribution in [1.29, 1.82) is 5.26 Å². The first-order chi connectivity index (χ1) is 5.67. The van der Waals surface area contributed by atoms with Crippen LogP contribution in [0.4, 0.5) is 0 Å². The zero-order valence-corrected chi connectivity index (χ0v) is 7.26. The fourth-order valence-corrected chi connectivity index (χ4v) is 0.600. The molecule has 0 saturated heterocycles. The summed E-state index contributed by atoms with van der Waals surface area (Å²) in [6.07, 6.45) is 1.45. The van der Waals surface area contributed by atoms with Crippen molar-refractivity contribution in [3.05, 3.63) is 23.8 Å². The van der Waals surface area contributed by atoms with Crippen LogP contribution in [0.3, 0.4) is 0 Å². The van der Waals surface area contributed by atoms with E-state index < -0.39 is 5.97 Å². The molecule has 0 radical (unpaired) electrons. The number of rotatable bonds is 3. The summed E-state index contributed by atoms with van der Waals surface area (Å²) in [5.74, 6) is -0.586. The summed E-state index contributed by atoms with van der Waals surface area (Å²) in [4.78, 5) is 11.0. The van der Waals surface area contributed by atoms with Crippen LogP contribution in [0.25, 0.3) is 0 Å². The van der Waals surface area contributed by atoms with E-state index in [1.807, 2.05) is 0 Å². The van der Waals surface area contributed by atoms with Crippen molar-refractivity contribution in [3.63, 3.8) is 0 Å². The zero-order chi connectivity index (χ0) is 9.56. The third-order valence-corrected chi connectivity index (χ3v) is 1.29. The van der Waals surface area contributed by atoms with Crippen molar-refractivity contribution in [2.24, 2.45) is 0 Å². The predicted octanol–water partition coefficient (Wildman–Crippen LogP) is 1.58. The third-order valence-electron chi connectivity index (χ3n) is 1.29. The average molecular weight is 165 g/mol. The molecule has 0 aromatic rings. The van der Waals surface area contributed by atoms with Crippen molar-refractivity contribution >= 4 is 5.97 Å². The predicted molar refractivity (Wildman–Crippen MR) is 45.1 cm³/mol. The van der Waals surface area contributed by atoms with Crippen molar-refractivity contribution < 1.29 is 9.53 Å². The molecule has 0 bridgehead atoms. The number of allylic oxidation sites excluding steroid dienone is 2. The highest BCUT2D eigenvalue weighted by Crippen LogP contribution is 2.05. The van der Waals surface area contributed by atoms with E-state index in [0.29, 0.717) is 5.57 Å². The molecular weight excluding hydrogens is 154 g/mol. The first kappa shape index (κ1) is 10.4. The van der Waals surface area contributed by atoms with Gasteiger partial charge in [0.05, 0.1) is 6.61 Å². The van der Waals surface area contributed by atoms with Gasteiger partial charge in [0.25, 0.3) is 0 Å². The van der Waals surface area contributed by atoms with E-state index in [1.54, 1.807) is 19.9 Å². The monoisotopic (exact) mass is 165 g/mol. The minimum absolute atomic E-state index is 0.0202. The molecule has 0 N–H and O–H groups in total. The van der Waals surface area contributed by atoms with Gasteiger partial charge in [-0.2, -0.15) is 5.26 Å². The lowest BCUT2D eigenvalue weighted by atomic mass is 10.1. The molecule has 0 amide bonds. The van der Waals surface area contributed by atoms with Crippen LogP contribution in [0.15, 0.2) is 23.8 Å². The molecule has 0 atom stereocenters. The summed E-state index contributed by atoms with van der Waals surface area (Å²) >= 11 is 0. The molecule has 12 heavy (non-hydrogen) atoms. The van der Waals surface area contributed by atoms with E-state index in [2.05, 4.69) is 11.3 Å². The van der Waals surface area contributed by atoms with Crippen LogP contribution in [0.2, 0.25) is 0 Å². The Morgan fingerprint density at radius 1 is 1.75 bits per heavy atom. The van der Waals surface area contributed by atoms with Crippen LogP contribution >= 0.6 is 0 Å². The Kier molecular flexibility index (Phi) is 4.47. The quantitative estimate of drug-likeness (QED) is 0.276. The number of carbonyl (C=O) groups is 1. The van der Waals surface area contributed by atoms with E-state index in [4.69, 9.17) is 5.26 Å². The van der Waals surface area contributed by atoms with Gasteiger partial charge in [-0.1, -0.05) is 12.7 Å². The SMILES string of the molecule is C=C/C(C)=C(\C#N)C(=O)OCC. The Labute approximate surface area is 71.9 Å². The van der Waals surface area contributed by atoms with Gasteiger partial charge >= 0.3 is 5.97 Å². The van der Waals surface area contributed by atoms with Crippen molar-refractivity contribution in [3.8, 4) is 6.07 Å². The molecule has 0 heterocycles. The molecule has 3 heteroatoms. The largest absolute Gasteiger partial charge is 0.462 e. The minimum atomic E-state index is -0.586. The summed E-state index contributed by atoms with van der Waals surface area (Å²) < 4.78 is 4.65. The number of nitriles is 1. The highest BCUT2D eigenvalue weighted by Gasteiger charge is 2.11. The number of ether oxygens (including phenoxy) is 1. The Hall–Kier alpha value is -1.56. The maximum atomic E-state index is 11.0. The number of hydrogen-bond donors (Lipinski definition) is 0. The lowest BCUT2D eigenvalue weighted by Crippen LogP contribution is -2.07. The van der Waals surface area contributed by atoms with Crippen LogP contribution in [0, 0.1) is 11.3 Å². The van der Waals surface area contributed by atoms with Gasteiger partial charge in [-0.25, -0.2) is 4.79 Å². The number of nitrogens with zero attached hydrogens (tertiary/aromatic N) is 1. The summed E-state index contributed by atoms with van der Waals surface area (Å²) in [7, 11) is 0. The standard InChI is InChI=1S/C9H11NO2/c1-4-7(3)8(6-10)9(11)12-5-2/h4H,1,5H2,2-3H3/b8-7+. The highest BCUT2D eigenvalue weighted by molar-refractivity contribution is 5.94. The van der Waals surface area contributed by atoms with E-state index in [9.17, 15) is 4.79 Å². The molecule has 0 aliphatic carbocycles. The summed E-state index contributed by atoms with van der Waals surface area (Å²) in [5.41, 5.74) is 0.558. The smallest absolute Gasteiger partial charge is 0.349 e. The van der Waals surface area contributed by atoms with E-state index in [0.717, 1.165) is 0 Å². The molecule has 64 valence electrons. The van der Waals surface area contributed by atoms with Crippen molar-refractivity contribution in [2.45, 2.75) is 13.8 Å². The van der Waals surface area contributed by atoms with Gasteiger partial charge in [-0.05, 0) is 19.4 Å². The first-order valence-corrected chi connectivity index (χ1v) is 3.57.